The molecule has 7 heteroatoms. The molecule has 0 saturated carbocycles. The Balaban J connectivity index is 1.45. The molecule has 0 aliphatic rings. The molecule has 0 bridgehead atoms. The van der Waals surface area contributed by atoms with Gasteiger partial charge in [-0.25, -0.2) is 13.2 Å². The second-order valence-electron chi connectivity index (χ2n) is 7.36. The van der Waals surface area contributed by atoms with E-state index in [2.05, 4.69) is 0 Å². The van der Waals surface area contributed by atoms with Crippen molar-refractivity contribution in [1.82, 2.24) is 0 Å². The summed E-state index contributed by atoms with van der Waals surface area (Å²) >= 11 is 0. The molecule has 166 valence electrons. The number of anilines is 1. The van der Waals surface area contributed by atoms with E-state index in [1.54, 1.807) is 42.5 Å². The van der Waals surface area contributed by atoms with Crippen molar-refractivity contribution in [1.29, 1.82) is 0 Å². The van der Waals surface area contributed by atoms with E-state index in [-0.39, 0.29) is 16.2 Å². The molecule has 0 unspecified atom stereocenters. The number of rotatable bonds is 7. The van der Waals surface area contributed by atoms with Gasteiger partial charge in [-0.15, -0.1) is 0 Å². The lowest BCUT2D eigenvalue weighted by Crippen LogP contribution is -2.26. The summed E-state index contributed by atoms with van der Waals surface area (Å²) in [6.45, 7) is -0.413. The van der Waals surface area contributed by atoms with Gasteiger partial charge >= 0.3 is 5.97 Å². The third kappa shape index (κ3) is 4.63. The Labute approximate surface area is 192 Å². The lowest BCUT2D eigenvalue weighted by molar-refractivity contribution is 0.0475. The fourth-order valence-electron chi connectivity index (χ4n) is 3.46. The van der Waals surface area contributed by atoms with E-state index in [0.29, 0.717) is 11.3 Å². The van der Waals surface area contributed by atoms with Gasteiger partial charge in [0, 0.05) is 12.6 Å². The van der Waals surface area contributed by atoms with Gasteiger partial charge in [-0.05, 0) is 47.2 Å². The highest BCUT2D eigenvalue weighted by Crippen LogP contribution is 2.22. The lowest BCUT2D eigenvalue weighted by Gasteiger charge is -2.19. The number of esters is 1. The smallest absolute Gasteiger partial charge is 0.338 e. The van der Waals surface area contributed by atoms with Crippen molar-refractivity contribution in [2.75, 3.05) is 18.0 Å². The van der Waals surface area contributed by atoms with Gasteiger partial charge in [-0.1, -0.05) is 60.7 Å². The predicted octanol–water partition coefficient (Wildman–Crippen LogP) is 4.70. The highest BCUT2D eigenvalue weighted by atomic mass is 32.2. The topological polar surface area (TPSA) is 80.8 Å². The Hall–Kier alpha value is -3.97. The Morgan fingerprint density at radius 3 is 2.15 bits per heavy atom. The number of carbonyl (C=O) groups excluding carboxylic acids is 2. The van der Waals surface area contributed by atoms with E-state index in [9.17, 15) is 18.0 Å². The van der Waals surface area contributed by atoms with E-state index < -0.39 is 22.6 Å². The normalized spacial score (nSPS) is 11.2. The van der Waals surface area contributed by atoms with Crippen molar-refractivity contribution in [2.24, 2.45) is 0 Å². The molecule has 0 heterocycles. The van der Waals surface area contributed by atoms with E-state index in [1.807, 2.05) is 30.3 Å². The first kappa shape index (κ1) is 22.2. The summed E-state index contributed by atoms with van der Waals surface area (Å²) in [5.74, 6) is -1.02. The monoisotopic (exact) mass is 459 g/mol. The average Bonchev–Trinajstić information content (AvgIpc) is 2.86. The van der Waals surface area contributed by atoms with Gasteiger partial charge < -0.3 is 4.74 Å². The van der Waals surface area contributed by atoms with Crippen LogP contribution < -0.4 is 4.31 Å². The van der Waals surface area contributed by atoms with Crippen molar-refractivity contribution in [3.05, 3.63) is 108 Å². The molecular weight excluding hydrogens is 438 g/mol. The highest BCUT2D eigenvalue weighted by molar-refractivity contribution is 7.92. The van der Waals surface area contributed by atoms with Crippen LogP contribution in [0.25, 0.3) is 10.8 Å². The third-order valence-corrected chi connectivity index (χ3v) is 7.09. The Bertz CT molecular complexity index is 1410. The lowest BCUT2D eigenvalue weighted by atomic mass is 10.0. The zero-order chi connectivity index (χ0) is 23.4. The number of ketones is 1. The molecule has 4 aromatic carbocycles. The summed E-state index contributed by atoms with van der Waals surface area (Å²) in [6, 6.07) is 27.0. The molecule has 0 aromatic heterocycles. The van der Waals surface area contributed by atoms with Crippen molar-refractivity contribution in [3.63, 3.8) is 0 Å². The Kier molecular flexibility index (Phi) is 6.24. The molecule has 0 spiro atoms. The van der Waals surface area contributed by atoms with Crippen molar-refractivity contribution >= 4 is 38.2 Å². The minimum atomic E-state index is -3.79. The number of Topliss-reactive ketones (excluding diaryl/α,β-unsaturated/α-hetero) is 1. The molecule has 0 atom stereocenters. The molecule has 4 rings (SSSR count). The van der Waals surface area contributed by atoms with E-state index in [1.165, 1.54) is 35.6 Å². The SMILES string of the molecule is CN(c1ccccc1)S(=O)(=O)c1ccc(C(=O)OCC(=O)c2cccc3ccccc23)cc1. The molecule has 33 heavy (non-hydrogen) atoms. The second-order valence-corrected chi connectivity index (χ2v) is 9.33. The number of hydrogen-bond acceptors (Lipinski definition) is 5. The molecule has 0 fully saturated rings. The number of sulfonamides is 1. The summed E-state index contributed by atoms with van der Waals surface area (Å²) in [5, 5.41) is 1.71. The zero-order valence-corrected chi connectivity index (χ0v) is 18.7. The third-order valence-electron chi connectivity index (χ3n) is 5.29. The molecular formula is C26H21NO5S. The van der Waals surface area contributed by atoms with Gasteiger partial charge in [-0.3, -0.25) is 9.10 Å². The number of hydrogen-bond donors (Lipinski definition) is 0. The minimum Gasteiger partial charge on any atom is -0.454 e. The van der Waals surface area contributed by atoms with E-state index in [4.69, 9.17) is 4.74 Å². The fraction of sp³-hybridized carbons (Fsp3) is 0.0769. The van der Waals surface area contributed by atoms with Crippen molar-refractivity contribution in [3.8, 4) is 0 Å². The highest BCUT2D eigenvalue weighted by Gasteiger charge is 2.22. The van der Waals surface area contributed by atoms with Crippen LogP contribution in [0.3, 0.4) is 0 Å². The van der Waals surface area contributed by atoms with Crippen LogP contribution in [0.5, 0.6) is 0 Å². The van der Waals surface area contributed by atoms with Gasteiger partial charge in [0.15, 0.2) is 6.61 Å². The number of fused-ring (bicyclic) bond motifs is 1. The maximum atomic E-state index is 12.9. The van der Waals surface area contributed by atoms with Gasteiger partial charge in [0.2, 0.25) is 5.78 Å². The van der Waals surface area contributed by atoms with Crippen molar-refractivity contribution in [2.45, 2.75) is 4.90 Å². The minimum absolute atomic E-state index is 0.0391. The standard InChI is InChI=1S/C26H21NO5S/c1-27(21-10-3-2-4-11-21)33(30,31)22-16-14-20(15-17-22)26(29)32-18-25(28)24-13-7-9-19-8-5-6-12-23(19)24/h2-17H,18H2,1H3. The molecule has 4 aromatic rings. The molecule has 0 amide bonds. The van der Waals surface area contributed by atoms with E-state index >= 15 is 0 Å². The quantitative estimate of drug-likeness (QED) is 0.295. The van der Waals surface area contributed by atoms with Crippen LogP contribution in [-0.2, 0) is 14.8 Å². The Morgan fingerprint density at radius 1 is 0.788 bits per heavy atom. The van der Waals surface area contributed by atoms with Crippen LogP contribution in [0.2, 0.25) is 0 Å². The second kappa shape index (κ2) is 9.26. The number of ether oxygens (including phenoxy) is 1. The molecule has 0 saturated heterocycles. The van der Waals surface area contributed by atoms with Crippen LogP contribution in [0.1, 0.15) is 20.7 Å². The van der Waals surface area contributed by atoms with Crippen LogP contribution in [0, 0.1) is 0 Å². The molecule has 0 aliphatic carbocycles. The molecule has 0 aliphatic heterocycles. The number of para-hydroxylation sites is 1. The Morgan fingerprint density at radius 2 is 1.42 bits per heavy atom. The van der Waals surface area contributed by atoms with Crippen LogP contribution >= 0.6 is 0 Å². The van der Waals surface area contributed by atoms with Crippen molar-refractivity contribution < 1.29 is 22.7 Å². The van der Waals surface area contributed by atoms with Gasteiger partial charge in [0.05, 0.1) is 16.1 Å². The van der Waals surface area contributed by atoms with Gasteiger partial charge in [0.25, 0.3) is 10.0 Å². The molecule has 6 nitrogen and oxygen atoms in total. The van der Waals surface area contributed by atoms with Crippen LogP contribution in [0.4, 0.5) is 5.69 Å². The number of carbonyl (C=O) groups is 2. The number of benzene rings is 4. The van der Waals surface area contributed by atoms with Gasteiger partial charge in [0.1, 0.15) is 0 Å². The first-order valence-corrected chi connectivity index (χ1v) is 11.6. The fourth-order valence-corrected chi connectivity index (χ4v) is 4.65. The maximum Gasteiger partial charge on any atom is 0.338 e. The number of nitrogens with zero attached hydrogens (tertiary/aromatic N) is 1. The largest absolute Gasteiger partial charge is 0.454 e. The first-order chi connectivity index (χ1) is 15.9. The summed E-state index contributed by atoms with van der Waals surface area (Å²) in [7, 11) is -2.33. The summed E-state index contributed by atoms with van der Waals surface area (Å²) in [4.78, 5) is 25.1. The molecule has 0 N–H and O–H groups in total. The van der Waals surface area contributed by atoms with E-state index in [0.717, 1.165) is 10.8 Å². The summed E-state index contributed by atoms with van der Waals surface area (Å²) in [6.07, 6.45) is 0. The first-order valence-electron chi connectivity index (χ1n) is 10.2. The average molecular weight is 460 g/mol. The summed E-state index contributed by atoms with van der Waals surface area (Å²) < 4.78 is 32.1. The molecule has 0 radical (unpaired) electrons. The van der Waals surface area contributed by atoms with Crippen LogP contribution in [-0.4, -0.2) is 33.8 Å². The summed E-state index contributed by atoms with van der Waals surface area (Å²) in [5.41, 5.74) is 1.15. The maximum absolute atomic E-state index is 12.9. The van der Waals surface area contributed by atoms with Crippen LogP contribution in [0.15, 0.2) is 102 Å². The van der Waals surface area contributed by atoms with Gasteiger partial charge in [-0.2, -0.15) is 0 Å². The zero-order valence-electron chi connectivity index (χ0n) is 17.8. The predicted molar refractivity (Wildman–Crippen MR) is 127 cm³/mol.